The molecule has 0 aromatic rings. The molecule has 0 saturated heterocycles. The molecule has 0 aliphatic heterocycles. The summed E-state index contributed by atoms with van der Waals surface area (Å²) in [7, 11) is 0. The van der Waals surface area contributed by atoms with Gasteiger partial charge >= 0.3 is 0 Å². The Morgan fingerprint density at radius 1 is 1.46 bits per heavy atom. The van der Waals surface area contributed by atoms with E-state index in [0.29, 0.717) is 0 Å². The molecule has 2 aliphatic carbocycles. The molecule has 2 aliphatic rings. The highest BCUT2D eigenvalue weighted by molar-refractivity contribution is 7.80. The van der Waals surface area contributed by atoms with Crippen LogP contribution in [0.1, 0.15) is 46.0 Å². The molecule has 1 heteroatoms. The van der Waals surface area contributed by atoms with Crippen LogP contribution >= 0.6 is 12.6 Å². The first-order valence-corrected chi connectivity index (χ1v) is 6.44. The van der Waals surface area contributed by atoms with Crippen LogP contribution in [0.25, 0.3) is 0 Å². The van der Waals surface area contributed by atoms with Crippen molar-refractivity contribution >= 4 is 12.6 Å². The van der Waals surface area contributed by atoms with Gasteiger partial charge < -0.3 is 0 Å². The van der Waals surface area contributed by atoms with Gasteiger partial charge in [0, 0.05) is 0 Å². The third kappa shape index (κ3) is 1.65. The van der Waals surface area contributed by atoms with E-state index in [-0.39, 0.29) is 0 Å². The fourth-order valence-electron chi connectivity index (χ4n) is 3.60. The first-order valence-electron chi connectivity index (χ1n) is 5.80. The molecule has 13 heavy (non-hydrogen) atoms. The highest BCUT2D eigenvalue weighted by atomic mass is 32.1. The second kappa shape index (κ2) is 3.49. The normalized spacial score (nSPS) is 43.4. The molecule has 0 nitrogen and oxygen atoms in total. The van der Waals surface area contributed by atoms with Crippen LogP contribution in [0.4, 0.5) is 0 Å². The molecule has 2 saturated carbocycles. The lowest BCUT2D eigenvalue weighted by molar-refractivity contribution is 0.201. The second-order valence-electron chi connectivity index (χ2n) is 5.45. The van der Waals surface area contributed by atoms with Crippen LogP contribution < -0.4 is 0 Å². The summed E-state index contributed by atoms with van der Waals surface area (Å²) in [5, 5.41) is 0. The molecule has 0 aromatic heterocycles. The van der Waals surface area contributed by atoms with Crippen molar-refractivity contribution in [2.45, 2.75) is 46.0 Å². The Hall–Kier alpha value is 0.350. The van der Waals surface area contributed by atoms with Gasteiger partial charge in [0.2, 0.25) is 0 Å². The summed E-state index contributed by atoms with van der Waals surface area (Å²) in [6.45, 7) is 4.81. The first kappa shape index (κ1) is 9.89. The van der Waals surface area contributed by atoms with Gasteiger partial charge in [-0.05, 0) is 54.6 Å². The molecule has 0 N–H and O–H groups in total. The van der Waals surface area contributed by atoms with Crippen LogP contribution in [0.5, 0.6) is 0 Å². The van der Waals surface area contributed by atoms with E-state index in [0.717, 1.165) is 28.9 Å². The number of hydrogen-bond acceptors (Lipinski definition) is 1. The lowest BCUT2D eigenvalue weighted by Crippen LogP contribution is -2.22. The molecule has 0 aromatic carbocycles. The Balaban J connectivity index is 1.99. The fraction of sp³-hybridized carbons (Fsp3) is 1.00. The van der Waals surface area contributed by atoms with Gasteiger partial charge in [0.05, 0.1) is 0 Å². The molecular formula is C12H22S. The van der Waals surface area contributed by atoms with Crippen LogP contribution in [-0.2, 0) is 0 Å². The van der Waals surface area contributed by atoms with E-state index >= 15 is 0 Å². The van der Waals surface area contributed by atoms with Crippen molar-refractivity contribution in [3.8, 4) is 0 Å². The van der Waals surface area contributed by atoms with Gasteiger partial charge in [-0.3, -0.25) is 0 Å². The molecule has 76 valence electrons. The van der Waals surface area contributed by atoms with E-state index in [2.05, 4.69) is 26.5 Å². The highest BCUT2D eigenvalue weighted by Gasteiger charge is 2.58. The SMILES string of the molecule is CC(C)C1CCCC2(CCS)CC12. The maximum Gasteiger partial charge on any atom is -0.00925 e. The van der Waals surface area contributed by atoms with Crippen LogP contribution in [0.2, 0.25) is 0 Å². The molecule has 3 atom stereocenters. The van der Waals surface area contributed by atoms with E-state index in [1.165, 1.54) is 32.1 Å². The molecule has 0 radical (unpaired) electrons. The van der Waals surface area contributed by atoms with Crippen molar-refractivity contribution in [3.05, 3.63) is 0 Å². The number of rotatable bonds is 3. The number of thiol groups is 1. The van der Waals surface area contributed by atoms with Crippen molar-refractivity contribution in [1.82, 2.24) is 0 Å². The van der Waals surface area contributed by atoms with Crippen molar-refractivity contribution in [2.75, 3.05) is 5.75 Å². The van der Waals surface area contributed by atoms with Crippen LogP contribution in [-0.4, -0.2) is 5.75 Å². The minimum Gasteiger partial charge on any atom is -0.179 e. The first-order chi connectivity index (χ1) is 6.19. The maximum absolute atomic E-state index is 4.39. The molecule has 2 fully saturated rings. The quantitative estimate of drug-likeness (QED) is 0.656. The lowest BCUT2D eigenvalue weighted by atomic mass is 9.75. The monoisotopic (exact) mass is 198 g/mol. The summed E-state index contributed by atoms with van der Waals surface area (Å²) >= 11 is 4.39. The Morgan fingerprint density at radius 2 is 2.23 bits per heavy atom. The minimum atomic E-state index is 0.773. The Morgan fingerprint density at radius 3 is 2.85 bits per heavy atom. The van der Waals surface area contributed by atoms with Gasteiger partial charge in [0.25, 0.3) is 0 Å². The van der Waals surface area contributed by atoms with Gasteiger partial charge in [0.1, 0.15) is 0 Å². The van der Waals surface area contributed by atoms with Gasteiger partial charge in [-0.25, -0.2) is 0 Å². The summed E-state index contributed by atoms with van der Waals surface area (Å²) < 4.78 is 0. The summed E-state index contributed by atoms with van der Waals surface area (Å²) in [6.07, 6.45) is 7.38. The summed E-state index contributed by atoms with van der Waals surface area (Å²) in [5.41, 5.74) is 0.773. The zero-order valence-corrected chi connectivity index (χ0v) is 9.82. The Bertz CT molecular complexity index is 184. The maximum atomic E-state index is 4.39. The summed E-state index contributed by atoms with van der Waals surface area (Å²) in [5.74, 6) is 4.12. The van der Waals surface area contributed by atoms with Gasteiger partial charge in [-0.1, -0.05) is 20.3 Å². The predicted octanol–water partition coefficient (Wildman–Crippen LogP) is 3.77. The van der Waals surface area contributed by atoms with Crippen LogP contribution in [0.15, 0.2) is 0 Å². The van der Waals surface area contributed by atoms with E-state index in [1.807, 2.05) is 0 Å². The minimum absolute atomic E-state index is 0.773. The molecule has 0 bridgehead atoms. The molecule has 0 spiro atoms. The van der Waals surface area contributed by atoms with Gasteiger partial charge in [-0.15, -0.1) is 0 Å². The standard InChI is InChI=1S/C12H22S/c1-9(2)10-4-3-5-12(6-7-13)8-11(10)12/h9-11,13H,3-8H2,1-2H3. The molecule has 2 rings (SSSR count). The van der Waals surface area contributed by atoms with Gasteiger partial charge in [0.15, 0.2) is 0 Å². The van der Waals surface area contributed by atoms with E-state index in [9.17, 15) is 0 Å². The zero-order chi connectivity index (χ0) is 9.47. The van der Waals surface area contributed by atoms with E-state index in [1.54, 1.807) is 0 Å². The van der Waals surface area contributed by atoms with Crippen molar-refractivity contribution in [2.24, 2.45) is 23.2 Å². The zero-order valence-electron chi connectivity index (χ0n) is 8.92. The summed E-state index contributed by atoms with van der Waals surface area (Å²) in [6, 6.07) is 0. The number of fused-ring (bicyclic) bond motifs is 1. The third-order valence-corrected chi connectivity index (χ3v) is 4.67. The second-order valence-corrected chi connectivity index (χ2v) is 5.89. The fourth-order valence-corrected chi connectivity index (χ4v) is 4.04. The van der Waals surface area contributed by atoms with Crippen LogP contribution in [0, 0.1) is 23.2 Å². The Kier molecular flexibility index (Phi) is 2.65. The number of hydrogen-bond donors (Lipinski definition) is 1. The predicted molar refractivity (Wildman–Crippen MR) is 61.2 cm³/mol. The molecule has 0 heterocycles. The van der Waals surface area contributed by atoms with Crippen molar-refractivity contribution < 1.29 is 0 Å². The highest BCUT2D eigenvalue weighted by Crippen LogP contribution is 2.66. The molecule has 0 amide bonds. The third-order valence-electron chi connectivity index (χ3n) is 4.45. The van der Waals surface area contributed by atoms with Crippen LogP contribution in [0.3, 0.4) is 0 Å². The lowest BCUT2D eigenvalue weighted by Gasteiger charge is -2.30. The van der Waals surface area contributed by atoms with E-state index in [4.69, 9.17) is 0 Å². The molecule has 3 unspecified atom stereocenters. The average Bonchev–Trinajstić information content (AvgIpc) is 2.77. The molecular weight excluding hydrogens is 176 g/mol. The van der Waals surface area contributed by atoms with Gasteiger partial charge in [-0.2, -0.15) is 12.6 Å². The smallest absolute Gasteiger partial charge is 0.00925 e. The average molecular weight is 198 g/mol. The van der Waals surface area contributed by atoms with E-state index < -0.39 is 0 Å². The van der Waals surface area contributed by atoms with Crippen molar-refractivity contribution in [1.29, 1.82) is 0 Å². The Labute approximate surface area is 87.9 Å². The largest absolute Gasteiger partial charge is 0.179 e. The van der Waals surface area contributed by atoms with Crippen molar-refractivity contribution in [3.63, 3.8) is 0 Å². The topological polar surface area (TPSA) is 0 Å². The summed E-state index contributed by atoms with van der Waals surface area (Å²) in [4.78, 5) is 0.